The van der Waals surface area contributed by atoms with Crippen molar-refractivity contribution in [1.82, 2.24) is 5.32 Å². The van der Waals surface area contributed by atoms with Crippen molar-refractivity contribution in [3.05, 3.63) is 85.1 Å². The Labute approximate surface area is 488 Å². The first kappa shape index (κ1) is 76.2. The number of nitrogens with one attached hydrogen (secondary N) is 1. The Morgan fingerprint density at radius 3 is 1.22 bits per heavy atom. The van der Waals surface area contributed by atoms with E-state index in [1.807, 2.05) is 33.3 Å². The second-order valence-electron chi connectivity index (χ2n) is 23.2. The van der Waals surface area contributed by atoms with Crippen molar-refractivity contribution in [2.75, 3.05) is 40.9 Å². The summed E-state index contributed by atoms with van der Waals surface area (Å²) in [6.45, 7) is 6.74. The second kappa shape index (κ2) is 58.4. The van der Waals surface area contributed by atoms with E-state index in [0.717, 1.165) is 109 Å². The topological polar surface area (TPSA) is 114 Å². The highest BCUT2D eigenvalue weighted by molar-refractivity contribution is 7.45. The number of carbonyl (C=O) groups excluding carboxylic acids is 2. The van der Waals surface area contributed by atoms with Gasteiger partial charge in [-0.15, -0.1) is 0 Å². The van der Waals surface area contributed by atoms with Crippen LogP contribution in [0.5, 0.6) is 0 Å². The highest BCUT2D eigenvalue weighted by atomic mass is 31.2. The normalized spacial score (nSPS) is 14.2. The molecule has 0 saturated heterocycles. The number of amides is 1. The fourth-order valence-corrected chi connectivity index (χ4v) is 10.0. The first-order valence-corrected chi connectivity index (χ1v) is 34.4. The van der Waals surface area contributed by atoms with Gasteiger partial charge in [0.15, 0.2) is 0 Å². The molecule has 0 aromatic rings. The maximum atomic E-state index is 13.6. The lowest BCUT2D eigenvalue weighted by atomic mass is 10.0. The summed E-state index contributed by atoms with van der Waals surface area (Å²) in [6, 6.07) is -0.895. The second-order valence-corrected chi connectivity index (χ2v) is 24.7. The van der Waals surface area contributed by atoms with E-state index in [4.69, 9.17) is 13.8 Å². The van der Waals surface area contributed by atoms with Crippen LogP contribution in [-0.4, -0.2) is 69.4 Å². The van der Waals surface area contributed by atoms with E-state index >= 15 is 0 Å². The SMILES string of the molecule is CC/C=C\C/C=C\C/C=C\C/C=C\C/C=C\C/C=C\CCCCCCCCCCC(=O)NC(COP(=O)([O-])OCC[N+](C)(C)C)C(/C=C\CCCCCCCCCCCCC)OC(=O)CCCCCCCCCCCCCCC. The molecule has 1 amide bonds. The Morgan fingerprint density at radius 1 is 0.456 bits per heavy atom. The number of allylic oxidation sites excluding steroid dienone is 13. The monoisotopic (exact) mass is 1120 g/mol. The Hall–Kier alpha value is -2.81. The molecule has 0 aliphatic rings. The number of likely N-dealkylation sites (N-methyl/N-ethyl adjacent to an activating group) is 1. The van der Waals surface area contributed by atoms with Gasteiger partial charge in [0.05, 0.1) is 33.8 Å². The average molecular weight is 1130 g/mol. The Bertz CT molecular complexity index is 1630. The van der Waals surface area contributed by atoms with Crippen molar-refractivity contribution in [2.24, 2.45) is 0 Å². The maximum absolute atomic E-state index is 13.6. The van der Waals surface area contributed by atoms with Gasteiger partial charge in [0.1, 0.15) is 19.3 Å². The number of phosphoric ester groups is 1. The predicted octanol–water partition coefficient (Wildman–Crippen LogP) is 19.9. The summed E-state index contributed by atoms with van der Waals surface area (Å²) in [5.74, 6) is -0.546. The average Bonchev–Trinajstić information content (AvgIpc) is 3.41. The van der Waals surface area contributed by atoms with Gasteiger partial charge in [-0.2, -0.15) is 0 Å². The number of phosphoric acid groups is 1. The lowest BCUT2D eigenvalue weighted by Crippen LogP contribution is -2.47. The maximum Gasteiger partial charge on any atom is 0.306 e. The summed E-state index contributed by atoms with van der Waals surface area (Å²) in [5.41, 5.74) is 0. The van der Waals surface area contributed by atoms with E-state index in [2.05, 4.69) is 99.0 Å². The van der Waals surface area contributed by atoms with Crippen LogP contribution < -0.4 is 10.2 Å². The third kappa shape index (κ3) is 59.6. The molecule has 0 heterocycles. The molecule has 9 nitrogen and oxygen atoms in total. The van der Waals surface area contributed by atoms with E-state index < -0.39 is 26.6 Å². The zero-order valence-electron chi connectivity index (χ0n) is 52.3. The number of ether oxygens (including phenoxy) is 1. The number of hydrogen-bond acceptors (Lipinski definition) is 7. The highest BCUT2D eigenvalue weighted by Gasteiger charge is 2.27. The number of quaternary nitrogens is 1. The molecule has 0 aliphatic heterocycles. The zero-order valence-corrected chi connectivity index (χ0v) is 53.2. The minimum Gasteiger partial charge on any atom is -0.756 e. The molecule has 10 heteroatoms. The fraction of sp³-hybridized carbons (Fsp3) is 0.768. The molecule has 79 heavy (non-hydrogen) atoms. The summed E-state index contributed by atoms with van der Waals surface area (Å²) < 4.78 is 30.4. The van der Waals surface area contributed by atoms with Crippen molar-refractivity contribution < 1.29 is 37.3 Å². The van der Waals surface area contributed by atoms with Crippen LogP contribution >= 0.6 is 7.82 Å². The largest absolute Gasteiger partial charge is 0.756 e. The number of esters is 1. The lowest BCUT2D eigenvalue weighted by Gasteiger charge is -2.30. The molecular formula is C69H125N2O7P. The summed E-state index contributed by atoms with van der Waals surface area (Å²) in [4.78, 5) is 40.0. The van der Waals surface area contributed by atoms with Gasteiger partial charge in [0.2, 0.25) is 5.91 Å². The van der Waals surface area contributed by atoms with Crippen LogP contribution in [0.15, 0.2) is 85.1 Å². The first-order chi connectivity index (χ1) is 38.4. The van der Waals surface area contributed by atoms with Crippen LogP contribution in [0, 0.1) is 0 Å². The molecule has 0 aromatic heterocycles. The molecule has 458 valence electrons. The predicted molar refractivity (Wildman–Crippen MR) is 339 cm³/mol. The van der Waals surface area contributed by atoms with Crippen molar-refractivity contribution in [1.29, 1.82) is 0 Å². The minimum absolute atomic E-state index is 0.0258. The smallest absolute Gasteiger partial charge is 0.306 e. The first-order valence-electron chi connectivity index (χ1n) is 32.9. The molecular weight excluding hydrogens is 1000 g/mol. The molecule has 3 atom stereocenters. The zero-order chi connectivity index (χ0) is 57.9. The molecule has 0 fully saturated rings. The number of carbonyl (C=O) groups is 2. The summed E-state index contributed by atoms with van der Waals surface area (Å²) in [5, 5.41) is 3.03. The van der Waals surface area contributed by atoms with Crippen LogP contribution in [0.1, 0.15) is 290 Å². The number of unbranched alkanes of at least 4 members (excludes halogenated alkanes) is 31. The summed E-state index contributed by atoms with van der Waals surface area (Å²) in [6.07, 6.45) is 76.9. The molecule has 0 spiro atoms. The Kier molecular flexibility index (Phi) is 56.3. The van der Waals surface area contributed by atoms with Gasteiger partial charge < -0.3 is 28.5 Å². The molecule has 0 bridgehead atoms. The minimum atomic E-state index is -4.70. The summed E-state index contributed by atoms with van der Waals surface area (Å²) in [7, 11) is 1.18. The number of hydrogen-bond donors (Lipinski definition) is 1. The van der Waals surface area contributed by atoms with Gasteiger partial charge in [-0.3, -0.25) is 14.2 Å². The van der Waals surface area contributed by atoms with Crippen LogP contribution in [0.3, 0.4) is 0 Å². The Morgan fingerprint density at radius 2 is 0.810 bits per heavy atom. The molecule has 0 rings (SSSR count). The standard InChI is InChI=1S/C69H125N2O7P/c1-7-10-13-16-19-22-25-28-29-30-31-32-33-34-35-36-37-38-39-40-41-44-46-49-52-55-58-61-68(72)70-66(65-77-79(74,75)76-64-63-71(4,5)6)67(60-57-54-51-48-45-42-26-23-20-17-14-11-8-2)78-69(73)62-59-56-53-50-47-43-27-24-21-18-15-12-9-3/h10,13,19,22,28-29,31-32,34-35,37-38,57,60,66-67H,7-9,11-12,14-18,20-21,23-27,30,33,36,39-56,58-59,61-65H2,1-6H3,(H-,70,72,74,75)/b13-10-,22-19-,29-28-,32-31-,35-34-,38-37-,60-57-. The van der Waals surface area contributed by atoms with Crippen LogP contribution in [-0.2, 0) is 27.9 Å². The van der Waals surface area contributed by atoms with E-state index in [0.29, 0.717) is 17.4 Å². The van der Waals surface area contributed by atoms with E-state index in [1.165, 1.54) is 148 Å². The third-order valence-corrected chi connectivity index (χ3v) is 15.3. The van der Waals surface area contributed by atoms with Gasteiger partial charge in [0, 0.05) is 12.8 Å². The number of nitrogens with zero attached hydrogens (tertiary/aromatic N) is 1. The van der Waals surface area contributed by atoms with Crippen LogP contribution in [0.4, 0.5) is 0 Å². The van der Waals surface area contributed by atoms with Gasteiger partial charge >= 0.3 is 5.97 Å². The van der Waals surface area contributed by atoms with E-state index in [9.17, 15) is 19.0 Å². The third-order valence-electron chi connectivity index (χ3n) is 14.3. The van der Waals surface area contributed by atoms with Gasteiger partial charge in [-0.25, -0.2) is 0 Å². The van der Waals surface area contributed by atoms with E-state index in [-0.39, 0.29) is 24.9 Å². The molecule has 3 unspecified atom stereocenters. The van der Waals surface area contributed by atoms with Crippen molar-refractivity contribution in [3.63, 3.8) is 0 Å². The molecule has 0 saturated carbocycles. The molecule has 0 radical (unpaired) electrons. The highest BCUT2D eigenvalue weighted by Crippen LogP contribution is 2.38. The molecule has 1 N–H and O–H groups in total. The van der Waals surface area contributed by atoms with Crippen molar-refractivity contribution in [2.45, 2.75) is 303 Å². The molecule has 0 aromatic carbocycles. The van der Waals surface area contributed by atoms with Gasteiger partial charge in [0.25, 0.3) is 7.82 Å². The lowest BCUT2D eigenvalue weighted by molar-refractivity contribution is -0.870. The molecule has 0 aliphatic carbocycles. The quantitative estimate of drug-likeness (QED) is 0.0212. The van der Waals surface area contributed by atoms with Gasteiger partial charge in [-0.05, 0) is 83.1 Å². The van der Waals surface area contributed by atoms with Crippen LogP contribution in [0.25, 0.3) is 0 Å². The summed E-state index contributed by atoms with van der Waals surface area (Å²) >= 11 is 0. The van der Waals surface area contributed by atoms with E-state index in [1.54, 1.807) is 0 Å². The van der Waals surface area contributed by atoms with Crippen molar-refractivity contribution in [3.8, 4) is 0 Å². The Balaban J connectivity index is 5.12. The van der Waals surface area contributed by atoms with Gasteiger partial charge in [-0.1, -0.05) is 280 Å². The van der Waals surface area contributed by atoms with Crippen molar-refractivity contribution >= 4 is 19.7 Å². The fourth-order valence-electron chi connectivity index (χ4n) is 9.29. The van der Waals surface area contributed by atoms with Crippen LogP contribution in [0.2, 0.25) is 0 Å². The number of rotatable bonds is 59.